The highest BCUT2D eigenvalue weighted by Gasteiger charge is 2.23. The first-order valence-electron chi connectivity index (χ1n) is 20.9. The Morgan fingerprint density at radius 1 is 0.473 bits per heavy atom. The standard InChI is InChI=1S/C50H58F4O/c1-3-9-35-13-17-37(18-14-35)39-21-25-41(26-22-39)43-31-47(51)45(48(52)32-43)11-5-7-29-55-30-8-6-12-46-49(53)33-44(34-50(46)54)42-27-23-40(24-28-42)38-19-15-36(10-4-2)16-20-38/h5-8,21-28,31-38H,3-4,9-20,29-30H2,1-2H3. The fourth-order valence-corrected chi connectivity index (χ4v) is 8.95. The van der Waals surface area contributed by atoms with Crippen molar-refractivity contribution in [1.82, 2.24) is 0 Å². The summed E-state index contributed by atoms with van der Waals surface area (Å²) in [6, 6.07) is 22.0. The summed E-state index contributed by atoms with van der Waals surface area (Å²) in [7, 11) is 0. The van der Waals surface area contributed by atoms with Crippen LogP contribution in [0, 0.1) is 35.1 Å². The van der Waals surface area contributed by atoms with Gasteiger partial charge in [-0.1, -0.05) is 112 Å². The Morgan fingerprint density at radius 2 is 0.818 bits per heavy atom. The van der Waals surface area contributed by atoms with Crippen molar-refractivity contribution in [1.29, 1.82) is 0 Å². The van der Waals surface area contributed by atoms with E-state index in [1.54, 1.807) is 24.3 Å². The molecule has 4 aromatic rings. The number of rotatable bonds is 16. The molecule has 55 heavy (non-hydrogen) atoms. The Kier molecular flexibility index (Phi) is 15.0. The predicted molar refractivity (Wildman–Crippen MR) is 219 cm³/mol. The molecule has 0 aromatic heterocycles. The Morgan fingerprint density at radius 3 is 1.15 bits per heavy atom. The van der Waals surface area contributed by atoms with Crippen molar-refractivity contribution < 1.29 is 22.3 Å². The molecule has 0 bridgehead atoms. The molecule has 0 saturated heterocycles. The molecular formula is C50H58F4O. The minimum Gasteiger partial charge on any atom is -0.373 e. The Balaban J connectivity index is 0.922. The van der Waals surface area contributed by atoms with Crippen molar-refractivity contribution in [3.05, 3.63) is 143 Å². The molecule has 1 nitrogen and oxygen atoms in total. The molecular weight excluding hydrogens is 693 g/mol. The molecule has 2 saturated carbocycles. The first-order valence-corrected chi connectivity index (χ1v) is 20.9. The van der Waals surface area contributed by atoms with E-state index in [1.165, 1.54) is 112 Å². The van der Waals surface area contributed by atoms with Gasteiger partial charge in [0.15, 0.2) is 0 Å². The third-order valence-corrected chi connectivity index (χ3v) is 12.2. The highest BCUT2D eigenvalue weighted by molar-refractivity contribution is 5.65. The van der Waals surface area contributed by atoms with Crippen molar-refractivity contribution in [2.45, 2.75) is 116 Å². The van der Waals surface area contributed by atoms with E-state index in [9.17, 15) is 0 Å². The molecule has 0 spiro atoms. The summed E-state index contributed by atoms with van der Waals surface area (Å²) in [6.07, 6.45) is 22.2. The monoisotopic (exact) mass is 750 g/mol. The first-order chi connectivity index (χ1) is 26.8. The van der Waals surface area contributed by atoms with E-state index in [0.29, 0.717) is 23.0 Å². The predicted octanol–water partition coefficient (Wildman–Crippen LogP) is 14.6. The van der Waals surface area contributed by atoms with Crippen molar-refractivity contribution >= 4 is 0 Å². The number of allylic oxidation sites excluding steroid dienone is 2. The van der Waals surface area contributed by atoms with Crippen LogP contribution in [-0.2, 0) is 17.6 Å². The van der Waals surface area contributed by atoms with E-state index in [2.05, 4.69) is 38.1 Å². The Labute approximate surface area is 326 Å². The highest BCUT2D eigenvalue weighted by atomic mass is 19.1. The second-order valence-corrected chi connectivity index (χ2v) is 16.0. The van der Waals surface area contributed by atoms with E-state index in [-0.39, 0.29) is 37.2 Å². The number of hydrogen-bond donors (Lipinski definition) is 0. The van der Waals surface area contributed by atoms with Crippen LogP contribution < -0.4 is 0 Å². The zero-order valence-electron chi connectivity index (χ0n) is 32.8. The van der Waals surface area contributed by atoms with Crippen molar-refractivity contribution in [3.63, 3.8) is 0 Å². The van der Waals surface area contributed by atoms with Gasteiger partial charge in [-0.2, -0.15) is 0 Å². The van der Waals surface area contributed by atoms with Crippen LogP contribution in [0.4, 0.5) is 17.6 Å². The maximum absolute atomic E-state index is 15.0. The summed E-state index contributed by atoms with van der Waals surface area (Å²) in [5.74, 6) is 0.585. The molecule has 0 unspecified atom stereocenters. The van der Waals surface area contributed by atoms with Crippen LogP contribution in [-0.4, -0.2) is 13.2 Å². The van der Waals surface area contributed by atoms with Crippen LogP contribution in [0.1, 0.15) is 125 Å². The van der Waals surface area contributed by atoms with Gasteiger partial charge in [0.2, 0.25) is 0 Å². The summed E-state index contributed by atoms with van der Waals surface area (Å²) < 4.78 is 65.7. The SMILES string of the molecule is CCCC1CCC(c2ccc(-c3cc(F)c(CC=CCOCC=CCc4c(F)cc(-c5ccc(C6CCC(CCC)CC6)cc5)cc4F)c(F)c3)cc2)CC1. The zero-order chi connectivity index (χ0) is 38.6. The van der Waals surface area contributed by atoms with Crippen molar-refractivity contribution in [3.8, 4) is 22.3 Å². The number of halogens is 4. The van der Waals surface area contributed by atoms with Gasteiger partial charge in [0.05, 0.1) is 13.2 Å². The zero-order valence-corrected chi connectivity index (χ0v) is 32.8. The average Bonchev–Trinajstić information content (AvgIpc) is 3.20. The molecule has 4 aromatic carbocycles. The molecule has 0 atom stereocenters. The first kappa shape index (κ1) is 40.7. The smallest absolute Gasteiger partial charge is 0.130 e. The molecule has 2 fully saturated rings. The van der Waals surface area contributed by atoms with Gasteiger partial charge in [0.25, 0.3) is 0 Å². The van der Waals surface area contributed by atoms with Gasteiger partial charge in [0, 0.05) is 11.1 Å². The van der Waals surface area contributed by atoms with Gasteiger partial charge in [0.1, 0.15) is 23.3 Å². The molecule has 292 valence electrons. The highest BCUT2D eigenvalue weighted by Crippen LogP contribution is 2.39. The lowest BCUT2D eigenvalue weighted by atomic mass is 9.77. The summed E-state index contributed by atoms with van der Waals surface area (Å²) in [5, 5.41) is 0. The number of benzene rings is 4. The minimum atomic E-state index is -0.567. The van der Waals surface area contributed by atoms with Gasteiger partial charge in [-0.15, -0.1) is 0 Å². The maximum atomic E-state index is 15.0. The quantitative estimate of drug-likeness (QED) is 0.0629. The van der Waals surface area contributed by atoms with E-state index in [1.807, 2.05) is 24.3 Å². The Bertz CT molecular complexity index is 1680. The van der Waals surface area contributed by atoms with Gasteiger partial charge >= 0.3 is 0 Å². The lowest BCUT2D eigenvalue weighted by molar-refractivity contribution is 0.193. The topological polar surface area (TPSA) is 9.23 Å². The minimum absolute atomic E-state index is 0.0207. The summed E-state index contributed by atoms with van der Waals surface area (Å²) >= 11 is 0. The number of ether oxygens (including phenoxy) is 1. The van der Waals surface area contributed by atoms with Crippen LogP contribution in [0.5, 0.6) is 0 Å². The normalized spacial score (nSPS) is 20.5. The largest absolute Gasteiger partial charge is 0.373 e. The molecule has 0 radical (unpaired) electrons. The Hall–Kier alpha value is -3.96. The maximum Gasteiger partial charge on any atom is 0.130 e. The molecule has 0 aliphatic heterocycles. The van der Waals surface area contributed by atoms with Crippen LogP contribution in [0.15, 0.2) is 97.1 Å². The molecule has 0 amide bonds. The molecule has 6 rings (SSSR count). The lowest BCUT2D eigenvalue weighted by Crippen LogP contribution is -2.13. The van der Waals surface area contributed by atoms with Gasteiger partial charge < -0.3 is 4.74 Å². The van der Waals surface area contributed by atoms with Gasteiger partial charge in [-0.25, -0.2) is 17.6 Å². The van der Waals surface area contributed by atoms with E-state index >= 15 is 17.6 Å². The second kappa shape index (κ2) is 20.3. The molecule has 0 heterocycles. The molecule has 0 N–H and O–H groups in total. The van der Waals surface area contributed by atoms with Crippen LogP contribution in [0.3, 0.4) is 0 Å². The lowest BCUT2D eigenvalue weighted by Gasteiger charge is -2.28. The van der Waals surface area contributed by atoms with E-state index in [0.717, 1.165) is 23.0 Å². The van der Waals surface area contributed by atoms with Gasteiger partial charge in [-0.05, 0) is 146 Å². The fraction of sp³-hybridized carbons (Fsp3) is 0.440. The van der Waals surface area contributed by atoms with Crippen LogP contribution in [0.25, 0.3) is 22.3 Å². The summed E-state index contributed by atoms with van der Waals surface area (Å²) in [4.78, 5) is 0. The molecule has 2 aliphatic carbocycles. The van der Waals surface area contributed by atoms with E-state index < -0.39 is 23.3 Å². The molecule has 2 aliphatic rings. The van der Waals surface area contributed by atoms with Gasteiger partial charge in [-0.3, -0.25) is 0 Å². The van der Waals surface area contributed by atoms with Crippen molar-refractivity contribution in [2.24, 2.45) is 11.8 Å². The fourth-order valence-electron chi connectivity index (χ4n) is 8.95. The second-order valence-electron chi connectivity index (χ2n) is 16.0. The summed E-state index contributed by atoms with van der Waals surface area (Å²) in [5.41, 5.74) is 5.36. The summed E-state index contributed by atoms with van der Waals surface area (Å²) in [6.45, 7) is 5.00. The molecule has 5 heteroatoms. The van der Waals surface area contributed by atoms with E-state index in [4.69, 9.17) is 4.74 Å². The van der Waals surface area contributed by atoms with Crippen molar-refractivity contribution in [2.75, 3.05) is 13.2 Å². The third-order valence-electron chi connectivity index (χ3n) is 12.2. The third kappa shape index (κ3) is 11.1. The van der Waals surface area contributed by atoms with Crippen LogP contribution in [0.2, 0.25) is 0 Å². The van der Waals surface area contributed by atoms with Crippen LogP contribution >= 0.6 is 0 Å². The average molecular weight is 751 g/mol. The number of hydrogen-bond acceptors (Lipinski definition) is 1.